The van der Waals surface area contributed by atoms with Crippen LogP contribution >= 0.6 is 27.3 Å². The van der Waals surface area contributed by atoms with Gasteiger partial charge in [0, 0.05) is 41.1 Å². The highest BCUT2D eigenvalue weighted by molar-refractivity contribution is 9.10. The van der Waals surface area contributed by atoms with Gasteiger partial charge >= 0.3 is 0 Å². The van der Waals surface area contributed by atoms with Gasteiger partial charge in [-0.1, -0.05) is 22.0 Å². The predicted molar refractivity (Wildman–Crippen MR) is 84.7 cm³/mol. The van der Waals surface area contributed by atoms with Crippen molar-refractivity contribution >= 4 is 27.3 Å². The van der Waals surface area contributed by atoms with Gasteiger partial charge in [0.2, 0.25) is 0 Å². The number of nitrogens with zero attached hydrogens (tertiary/aromatic N) is 1. The smallest absolute Gasteiger partial charge is 0.128 e. The van der Waals surface area contributed by atoms with Crippen LogP contribution in [-0.2, 0) is 0 Å². The normalized spacial score (nSPS) is 18.1. The molecule has 0 spiro atoms. The van der Waals surface area contributed by atoms with Gasteiger partial charge in [-0.15, -0.1) is 11.3 Å². The predicted octanol–water partition coefficient (Wildman–Crippen LogP) is 3.64. The standard InChI is InChI=1S/C15H16BrFN2S/c16-11-3-4-13(17)12(10-11)15(14-2-1-9-20-14)19-7-5-18-6-8-19/h1-4,9-10,15,18H,5-8H2/t15-/m0/s1. The SMILES string of the molecule is Fc1ccc(Br)cc1[C@@H](c1cccs1)N1CCNCC1. The first-order valence-electron chi connectivity index (χ1n) is 6.69. The largest absolute Gasteiger partial charge is 0.314 e. The summed E-state index contributed by atoms with van der Waals surface area (Å²) in [6.07, 6.45) is 0. The summed E-state index contributed by atoms with van der Waals surface area (Å²) in [5.41, 5.74) is 0.753. The highest BCUT2D eigenvalue weighted by Gasteiger charge is 2.27. The van der Waals surface area contributed by atoms with Crippen LogP contribution in [0.3, 0.4) is 0 Å². The number of halogens is 2. The summed E-state index contributed by atoms with van der Waals surface area (Å²) in [5, 5.41) is 5.41. The van der Waals surface area contributed by atoms with Gasteiger partial charge in [0.1, 0.15) is 5.82 Å². The van der Waals surface area contributed by atoms with Crippen molar-refractivity contribution in [2.45, 2.75) is 6.04 Å². The van der Waals surface area contributed by atoms with Crippen molar-refractivity contribution in [3.8, 4) is 0 Å². The first-order valence-corrected chi connectivity index (χ1v) is 8.36. The zero-order valence-electron chi connectivity index (χ0n) is 11.0. The molecule has 1 N–H and O–H groups in total. The van der Waals surface area contributed by atoms with Gasteiger partial charge in [0.25, 0.3) is 0 Å². The van der Waals surface area contributed by atoms with E-state index in [0.717, 1.165) is 36.2 Å². The van der Waals surface area contributed by atoms with Crippen molar-refractivity contribution in [1.29, 1.82) is 0 Å². The van der Waals surface area contributed by atoms with Crippen LogP contribution in [0.1, 0.15) is 16.5 Å². The third-order valence-electron chi connectivity index (χ3n) is 3.58. The number of piperazine rings is 1. The van der Waals surface area contributed by atoms with E-state index in [1.807, 2.05) is 12.1 Å². The molecule has 2 aromatic rings. The molecule has 0 unspecified atom stereocenters. The number of hydrogen-bond acceptors (Lipinski definition) is 3. The van der Waals surface area contributed by atoms with Crippen molar-refractivity contribution in [3.63, 3.8) is 0 Å². The van der Waals surface area contributed by atoms with E-state index in [9.17, 15) is 4.39 Å². The van der Waals surface area contributed by atoms with Crippen molar-refractivity contribution in [2.75, 3.05) is 26.2 Å². The zero-order valence-corrected chi connectivity index (χ0v) is 13.4. The quantitative estimate of drug-likeness (QED) is 0.904. The lowest BCUT2D eigenvalue weighted by Gasteiger charge is -2.35. The van der Waals surface area contributed by atoms with Crippen LogP contribution in [0.2, 0.25) is 0 Å². The minimum Gasteiger partial charge on any atom is -0.314 e. The second-order valence-corrected chi connectivity index (χ2v) is 6.76. The third-order valence-corrected chi connectivity index (χ3v) is 5.00. The molecule has 5 heteroatoms. The van der Waals surface area contributed by atoms with Gasteiger partial charge in [-0.3, -0.25) is 4.90 Å². The highest BCUT2D eigenvalue weighted by Crippen LogP contribution is 2.34. The van der Waals surface area contributed by atoms with Crippen molar-refractivity contribution in [3.05, 3.63) is 56.4 Å². The number of benzene rings is 1. The van der Waals surface area contributed by atoms with Crippen LogP contribution in [0.5, 0.6) is 0 Å². The Hall–Kier alpha value is -0.750. The molecular formula is C15H16BrFN2S. The molecule has 0 amide bonds. The molecule has 1 atom stereocenters. The maximum Gasteiger partial charge on any atom is 0.128 e. The zero-order chi connectivity index (χ0) is 13.9. The van der Waals surface area contributed by atoms with E-state index in [4.69, 9.17) is 0 Å². The lowest BCUT2D eigenvalue weighted by Crippen LogP contribution is -2.45. The summed E-state index contributed by atoms with van der Waals surface area (Å²) in [5.74, 6) is -0.134. The first kappa shape index (κ1) is 14.2. The van der Waals surface area contributed by atoms with Crippen LogP contribution in [0.15, 0.2) is 40.2 Å². The Kier molecular flexibility index (Phi) is 4.51. The Morgan fingerprint density at radius 2 is 2.05 bits per heavy atom. The second kappa shape index (κ2) is 6.35. The van der Waals surface area contributed by atoms with Crippen molar-refractivity contribution in [2.24, 2.45) is 0 Å². The fraction of sp³-hybridized carbons (Fsp3) is 0.333. The minimum atomic E-state index is -0.134. The summed E-state index contributed by atoms with van der Waals surface area (Å²) in [6, 6.07) is 9.34. The van der Waals surface area contributed by atoms with Crippen LogP contribution < -0.4 is 5.32 Å². The van der Waals surface area contributed by atoms with Crippen molar-refractivity contribution < 1.29 is 4.39 Å². The number of nitrogens with one attached hydrogen (secondary N) is 1. The Labute approximate surface area is 130 Å². The van der Waals surface area contributed by atoms with Gasteiger partial charge < -0.3 is 5.32 Å². The summed E-state index contributed by atoms with van der Waals surface area (Å²) < 4.78 is 15.2. The third kappa shape index (κ3) is 2.96. The lowest BCUT2D eigenvalue weighted by atomic mass is 10.0. The second-order valence-electron chi connectivity index (χ2n) is 4.87. The molecule has 20 heavy (non-hydrogen) atoms. The van der Waals surface area contributed by atoms with Crippen LogP contribution in [-0.4, -0.2) is 31.1 Å². The molecule has 106 valence electrons. The van der Waals surface area contributed by atoms with E-state index >= 15 is 0 Å². The molecule has 0 bridgehead atoms. The monoisotopic (exact) mass is 354 g/mol. The van der Waals surface area contributed by atoms with E-state index in [0.29, 0.717) is 0 Å². The Morgan fingerprint density at radius 3 is 2.75 bits per heavy atom. The van der Waals surface area contributed by atoms with Gasteiger partial charge in [-0.2, -0.15) is 0 Å². The van der Waals surface area contributed by atoms with Crippen LogP contribution in [0.25, 0.3) is 0 Å². The fourth-order valence-electron chi connectivity index (χ4n) is 2.64. The fourth-order valence-corrected chi connectivity index (χ4v) is 3.90. The summed E-state index contributed by atoms with van der Waals surface area (Å²) >= 11 is 5.15. The van der Waals surface area contributed by atoms with Crippen molar-refractivity contribution in [1.82, 2.24) is 10.2 Å². The minimum absolute atomic E-state index is 0.00889. The number of hydrogen-bond donors (Lipinski definition) is 1. The Bertz CT molecular complexity index is 567. The number of thiophene rings is 1. The molecule has 1 aromatic heterocycles. The lowest BCUT2D eigenvalue weighted by molar-refractivity contribution is 0.197. The van der Waals surface area contributed by atoms with Crippen LogP contribution in [0.4, 0.5) is 4.39 Å². The average Bonchev–Trinajstić information content (AvgIpc) is 2.98. The van der Waals surface area contributed by atoms with Gasteiger partial charge in [-0.25, -0.2) is 4.39 Å². The topological polar surface area (TPSA) is 15.3 Å². The highest BCUT2D eigenvalue weighted by atomic mass is 79.9. The molecular weight excluding hydrogens is 339 g/mol. The Balaban J connectivity index is 2.02. The molecule has 1 aliphatic heterocycles. The summed E-state index contributed by atoms with van der Waals surface area (Å²) in [6.45, 7) is 3.79. The molecule has 1 aromatic carbocycles. The van der Waals surface area contributed by atoms with Gasteiger partial charge in [-0.05, 0) is 29.6 Å². The molecule has 1 fully saturated rings. The summed E-state index contributed by atoms with van der Waals surface area (Å²) in [4.78, 5) is 3.55. The Morgan fingerprint density at radius 1 is 1.25 bits per heavy atom. The van der Waals surface area contributed by atoms with E-state index in [2.05, 4.69) is 37.6 Å². The van der Waals surface area contributed by atoms with E-state index < -0.39 is 0 Å². The maximum atomic E-state index is 14.3. The number of rotatable bonds is 3. The molecule has 1 aliphatic rings. The first-order chi connectivity index (χ1) is 9.75. The van der Waals surface area contributed by atoms with E-state index in [1.165, 1.54) is 4.88 Å². The van der Waals surface area contributed by atoms with E-state index in [1.54, 1.807) is 23.5 Å². The van der Waals surface area contributed by atoms with Gasteiger partial charge in [0.05, 0.1) is 6.04 Å². The van der Waals surface area contributed by atoms with Gasteiger partial charge in [0.15, 0.2) is 0 Å². The molecule has 0 radical (unpaired) electrons. The summed E-state index contributed by atoms with van der Waals surface area (Å²) in [7, 11) is 0. The molecule has 0 aliphatic carbocycles. The maximum absolute atomic E-state index is 14.3. The molecule has 1 saturated heterocycles. The van der Waals surface area contributed by atoms with Crippen LogP contribution in [0, 0.1) is 5.82 Å². The molecule has 0 saturated carbocycles. The average molecular weight is 355 g/mol. The molecule has 2 nitrogen and oxygen atoms in total. The molecule has 3 rings (SSSR count). The van der Waals surface area contributed by atoms with E-state index in [-0.39, 0.29) is 11.9 Å². The molecule has 2 heterocycles.